The number of rotatable bonds is 6. The van der Waals surface area contributed by atoms with Gasteiger partial charge in [0.1, 0.15) is 12.2 Å². The van der Waals surface area contributed by atoms with Crippen molar-refractivity contribution in [3.05, 3.63) is 53.9 Å². The highest BCUT2D eigenvalue weighted by molar-refractivity contribution is 5.99. The van der Waals surface area contributed by atoms with E-state index in [1.54, 1.807) is 0 Å². The molecule has 12 heteroatoms. The molecular weight excluding hydrogens is 466 g/mol. The number of halogens is 6. The first-order chi connectivity index (χ1) is 15.8. The first-order valence-corrected chi connectivity index (χ1v) is 10.3. The molecule has 1 aliphatic rings. The number of hydrogen-bond acceptors (Lipinski definition) is 3. The molecule has 0 spiro atoms. The Morgan fingerprint density at radius 3 is 2.38 bits per heavy atom. The van der Waals surface area contributed by atoms with Crippen LogP contribution in [0.5, 0.6) is 0 Å². The number of carbonyl (C=O) groups excluding carboxylic acids is 2. The summed E-state index contributed by atoms with van der Waals surface area (Å²) >= 11 is 0. The van der Waals surface area contributed by atoms with E-state index in [-0.39, 0.29) is 23.8 Å². The van der Waals surface area contributed by atoms with Crippen molar-refractivity contribution in [2.24, 2.45) is 5.92 Å². The van der Waals surface area contributed by atoms with Crippen LogP contribution in [0.1, 0.15) is 31.5 Å². The maximum absolute atomic E-state index is 13.0. The minimum atomic E-state index is -4.62. The fourth-order valence-corrected chi connectivity index (χ4v) is 3.70. The summed E-state index contributed by atoms with van der Waals surface area (Å²) in [4.78, 5) is 31.5. The molecule has 1 aromatic heterocycles. The highest BCUT2D eigenvalue weighted by atomic mass is 19.4. The maximum atomic E-state index is 13.0. The Hall–Kier alpha value is -3.31. The van der Waals surface area contributed by atoms with E-state index in [0.717, 1.165) is 36.5 Å². The number of urea groups is 1. The highest BCUT2D eigenvalue weighted by Crippen LogP contribution is 2.32. The largest absolute Gasteiger partial charge is 0.433 e. The van der Waals surface area contributed by atoms with Crippen LogP contribution in [-0.4, -0.2) is 41.0 Å². The second-order valence-electron chi connectivity index (χ2n) is 8.33. The Morgan fingerprint density at radius 1 is 1.12 bits per heavy atom. The standard InChI is InChI=1S/C22H22F6N4O2/c1-13(2)8-17-11-31(16-6-7-18(29-10-16)22(26,27)28)20(34)32(17)12-19(33)30-15-5-3-4-14(9-15)21(23,24)25/h3-7,9-10,13,17H,8,11-12H2,1-2H3,(H,30,33)/t17-/m0/s1. The van der Waals surface area contributed by atoms with Crippen molar-refractivity contribution in [2.45, 2.75) is 38.7 Å². The Balaban J connectivity index is 1.76. The molecule has 1 atom stereocenters. The van der Waals surface area contributed by atoms with Crippen molar-refractivity contribution >= 4 is 23.3 Å². The summed E-state index contributed by atoms with van der Waals surface area (Å²) in [6.45, 7) is 3.51. The summed E-state index contributed by atoms with van der Waals surface area (Å²) in [6, 6.07) is 4.97. The van der Waals surface area contributed by atoms with Gasteiger partial charge in [0.15, 0.2) is 0 Å². The first-order valence-electron chi connectivity index (χ1n) is 10.3. The SMILES string of the molecule is CC(C)C[C@H]1CN(c2ccc(C(F)(F)F)nc2)C(=O)N1CC(=O)Nc1cccc(C(F)(F)F)c1. The van der Waals surface area contributed by atoms with Gasteiger partial charge in [-0.3, -0.25) is 9.69 Å². The second kappa shape index (κ2) is 9.51. The second-order valence-corrected chi connectivity index (χ2v) is 8.33. The van der Waals surface area contributed by atoms with Gasteiger partial charge < -0.3 is 10.2 Å². The summed E-state index contributed by atoms with van der Waals surface area (Å²) in [5, 5.41) is 2.37. The molecule has 3 amide bonds. The lowest BCUT2D eigenvalue weighted by atomic mass is 10.0. The number of carbonyl (C=O) groups is 2. The van der Waals surface area contributed by atoms with Gasteiger partial charge in [-0.2, -0.15) is 26.3 Å². The van der Waals surface area contributed by atoms with E-state index in [0.29, 0.717) is 6.42 Å². The number of pyridine rings is 1. The van der Waals surface area contributed by atoms with Gasteiger partial charge in [0.2, 0.25) is 5.91 Å². The summed E-state index contributed by atoms with van der Waals surface area (Å²) < 4.78 is 77.1. The third-order valence-corrected chi connectivity index (χ3v) is 5.19. The minimum absolute atomic E-state index is 0.0734. The zero-order valence-electron chi connectivity index (χ0n) is 18.2. The molecule has 0 aliphatic carbocycles. The van der Waals surface area contributed by atoms with Crippen molar-refractivity contribution in [1.82, 2.24) is 9.88 Å². The summed E-state index contributed by atoms with van der Waals surface area (Å²) in [5.41, 5.74) is -1.96. The zero-order valence-corrected chi connectivity index (χ0v) is 18.2. The van der Waals surface area contributed by atoms with Crippen molar-refractivity contribution < 1.29 is 35.9 Å². The Morgan fingerprint density at radius 2 is 1.82 bits per heavy atom. The molecule has 184 valence electrons. The number of benzene rings is 1. The van der Waals surface area contributed by atoms with E-state index < -0.39 is 48.1 Å². The Bertz CT molecular complexity index is 1040. The average molecular weight is 488 g/mol. The molecule has 1 aromatic carbocycles. The van der Waals surface area contributed by atoms with E-state index in [2.05, 4.69) is 10.3 Å². The van der Waals surface area contributed by atoms with Crippen LogP contribution in [0.2, 0.25) is 0 Å². The third-order valence-electron chi connectivity index (χ3n) is 5.19. The molecule has 6 nitrogen and oxygen atoms in total. The highest BCUT2D eigenvalue weighted by Gasteiger charge is 2.40. The maximum Gasteiger partial charge on any atom is 0.433 e. The molecule has 1 aliphatic heterocycles. The first kappa shape index (κ1) is 25.3. The molecule has 2 heterocycles. The van der Waals surface area contributed by atoms with Crippen LogP contribution in [0.25, 0.3) is 0 Å². The molecule has 1 fully saturated rings. The van der Waals surface area contributed by atoms with Crippen LogP contribution in [0.4, 0.5) is 42.5 Å². The van der Waals surface area contributed by atoms with Crippen molar-refractivity contribution in [1.29, 1.82) is 0 Å². The van der Waals surface area contributed by atoms with Gasteiger partial charge in [-0.1, -0.05) is 19.9 Å². The number of nitrogens with zero attached hydrogens (tertiary/aromatic N) is 3. The quantitative estimate of drug-likeness (QED) is 0.553. The summed E-state index contributed by atoms with van der Waals surface area (Å²) in [5.74, 6) is -0.564. The van der Waals surface area contributed by atoms with Crippen LogP contribution in [0, 0.1) is 5.92 Å². The van der Waals surface area contributed by atoms with Crippen molar-refractivity contribution in [3.8, 4) is 0 Å². The minimum Gasteiger partial charge on any atom is -0.325 e. The average Bonchev–Trinajstić information content (AvgIpc) is 3.02. The number of aromatic nitrogens is 1. The van der Waals surface area contributed by atoms with Crippen LogP contribution < -0.4 is 10.2 Å². The van der Waals surface area contributed by atoms with Crippen LogP contribution in [0.3, 0.4) is 0 Å². The summed E-state index contributed by atoms with van der Waals surface area (Å²) in [6.07, 6.45) is -7.75. The van der Waals surface area contributed by atoms with Crippen molar-refractivity contribution in [2.75, 3.05) is 23.3 Å². The normalized spacial score (nSPS) is 17.0. The lowest BCUT2D eigenvalue weighted by Crippen LogP contribution is -2.41. The predicted molar refractivity (Wildman–Crippen MR) is 112 cm³/mol. The fourth-order valence-electron chi connectivity index (χ4n) is 3.70. The molecule has 34 heavy (non-hydrogen) atoms. The molecule has 1 N–H and O–H groups in total. The molecule has 2 aromatic rings. The molecule has 1 saturated heterocycles. The topological polar surface area (TPSA) is 65.5 Å². The van der Waals surface area contributed by atoms with E-state index in [1.165, 1.54) is 15.9 Å². The number of nitrogens with one attached hydrogen (secondary N) is 1. The van der Waals surface area contributed by atoms with Gasteiger partial charge in [0.25, 0.3) is 0 Å². The van der Waals surface area contributed by atoms with Crippen molar-refractivity contribution in [3.63, 3.8) is 0 Å². The predicted octanol–water partition coefficient (Wildman–Crippen LogP) is 5.41. The van der Waals surface area contributed by atoms with Gasteiger partial charge in [-0.15, -0.1) is 0 Å². The van der Waals surface area contributed by atoms with E-state index in [9.17, 15) is 35.9 Å². The molecule has 0 bridgehead atoms. The molecule has 0 saturated carbocycles. The van der Waals surface area contributed by atoms with Gasteiger partial charge in [-0.05, 0) is 42.7 Å². The van der Waals surface area contributed by atoms with Gasteiger partial charge >= 0.3 is 18.4 Å². The Kier molecular flexibility index (Phi) is 7.08. The fraction of sp³-hybridized carbons (Fsp3) is 0.409. The summed E-state index contributed by atoms with van der Waals surface area (Å²) in [7, 11) is 0. The molecular formula is C22H22F6N4O2. The van der Waals surface area contributed by atoms with E-state index in [4.69, 9.17) is 0 Å². The zero-order chi connectivity index (χ0) is 25.3. The lowest BCUT2D eigenvalue weighted by Gasteiger charge is -2.24. The van der Waals surface area contributed by atoms with Crippen LogP contribution in [0.15, 0.2) is 42.6 Å². The monoisotopic (exact) mass is 488 g/mol. The Labute approximate surface area is 191 Å². The third kappa shape index (κ3) is 5.97. The number of alkyl halides is 6. The van der Waals surface area contributed by atoms with E-state index in [1.807, 2.05) is 13.8 Å². The molecule has 0 radical (unpaired) electrons. The van der Waals surface area contributed by atoms with E-state index >= 15 is 0 Å². The van der Waals surface area contributed by atoms with Gasteiger partial charge in [0.05, 0.1) is 23.5 Å². The van der Waals surface area contributed by atoms with Crippen LogP contribution in [-0.2, 0) is 17.1 Å². The van der Waals surface area contributed by atoms with Gasteiger partial charge in [-0.25, -0.2) is 9.78 Å². The number of amides is 3. The number of anilines is 2. The molecule has 3 rings (SSSR count). The van der Waals surface area contributed by atoms with Crippen LogP contribution >= 0.6 is 0 Å². The lowest BCUT2D eigenvalue weighted by molar-refractivity contribution is -0.141. The van der Waals surface area contributed by atoms with Gasteiger partial charge in [0, 0.05) is 12.2 Å². The number of hydrogen-bond donors (Lipinski definition) is 1. The molecule has 0 unspecified atom stereocenters. The smallest absolute Gasteiger partial charge is 0.325 e.